The molecular weight excluding hydrogens is 2020 g/mol. The number of rotatable bonds is 0. The van der Waals surface area contributed by atoms with E-state index in [1.54, 1.807) is 36.5 Å². The molecule has 12 aliphatic rings. The quantitative estimate of drug-likeness (QED) is 0.105. The van der Waals surface area contributed by atoms with Crippen molar-refractivity contribution in [2.24, 2.45) is 0 Å². The minimum absolute atomic E-state index is 0. The molecule has 5 N–H and O–H groups in total. The summed E-state index contributed by atoms with van der Waals surface area (Å²) in [6.07, 6.45) is 1.58. The molecule has 140 heavy (non-hydrogen) atoms. The van der Waals surface area contributed by atoms with E-state index >= 15 is 0 Å². The van der Waals surface area contributed by atoms with Crippen molar-refractivity contribution < 1.29 is 213 Å². The Hall–Kier alpha value is -12.4. The third-order valence-corrected chi connectivity index (χ3v) is 30.5. The number of benzene rings is 8. The zero-order valence-electron chi connectivity index (χ0n) is 69.4. The largest absolute Gasteiger partial charge is 1.00 e. The number of carbonyl (C=O) groups excluding carboxylic acids is 8. The van der Waals surface area contributed by atoms with Crippen LogP contribution in [0.25, 0.3) is 9.69 Å². The van der Waals surface area contributed by atoms with Crippen molar-refractivity contribution in [3.05, 3.63) is 281 Å². The van der Waals surface area contributed by atoms with Crippen LogP contribution in [0.3, 0.4) is 0 Å². The second-order valence-corrected chi connectivity index (χ2v) is 40.4. The second-order valence-electron chi connectivity index (χ2n) is 28.1. The van der Waals surface area contributed by atoms with E-state index < -0.39 is 212 Å². The maximum absolute atomic E-state index is 12.5. The van der Waals surface area contributed by atoms with Gasteiger partial charge in [-0.2, -0.15) is 67.3 Å². The maximum atomic E-state index is 12.5. The van der Waals surface area contributed by atoms with Crippen LogP contribution in [0.5, 0.6) is 0 Å². The van der Waals surface area contributed by atoms with E-state index in [1.165, 1.54) is 121 Å². The summed E-state index contributed by atoms with van der Waals surface area (Å²) in [6.45, 7) is -4.38. The van der Waals surface area contributed by atoms with E-state index in [9.17, 15) is 106 Å². The molecule has 12 aliphatic heterocycles. The molecule has 0 saturated carbocycles. The van der Waals surface area contributed by atoms with Gasteiger partial charge in [0.05, 0.1) is 57.3 Å². The monoisotopic (exact) mass is 2090 g/mol. The first kappa shape index (κ1) is 110. The van der Waals surface area contributed by atoms with Gasteiger partial charge < -0.3 is 119 Å². The molecule has 1 aromatic heterocycles. The summed E-state index contributed by atoms with van der Waals surface area (Å²) in [4.78, 5) is 103. The van der Waals surface area contributed by atoms with Gasteiger partial charge in [-0.25, -0.2) is 4.85 Å². The summed E-state index contributed by atoms with van der Waals surface area (Å²) >= 11 is 0. The zero-order chi connectivity index (χ0) is 96.8. The zero-order valence-corrected chi connectivity index (χ0v) is 75.9. The van der Waals surface area contributed by atoms with Gasteiger partial charge in [0.15, 0.2) is 0 Å². The number of fused-ring (bicyclic) bond motifs is 8. The number of hydrogen-bond acceptors (Lipinski definition) is 48. The Morgan fingerprint density at radius 2 is 0.421 bits per heavy atom. The molecule has 0 aliphatic carbocycles. The maximum Gasteiger partial charge on any atom is 1.00 e. The van der Waals surface area contributed by atoms with Crippen molar-refractivity contribution in [3.8, 4) is 0 Å². The van der Waals surface area contributed by atoms with Crippen LogP contribution < -0.4 is 39.8 Å². The average Bonchev–Trinajstić information content (AvgIpc) is 1.59. The summed E-state index contributed by atoms with van der Waals surface area (Å²) in [6, 6.07) is 43.7. The van der Waals surface area contributed by atoms with Crippen LogP contribution in [0.15, 0.2) is 246 Å². The van der Waals surface area contributed by atoms with E-state index in [0.717, 1.165) is 48.5 Å². The van der Waals surface area contributed by atoms with E-state index in [-0.39, 0.29) is 117 Å². The Morgan fingerprint density at radius 1 is 0.250 bits per heavy atom. The van der Waals surface area contributed by atoms with Crippen LogP contribution in [0, 0.1) is 20.6 Å². The van der Waals surface area contributed by atoms with Crippen molar-refractivity contribution in [3.63, 3.8) is 0 Å². The van der Waals surface area contributed by atoms with Crippen molar-refractivity contribution in [2.45, 2.75) is 61.4 Å². The molecule has 4 unspecified atom stereocenters. The molecule has 13 heterocycles. The van der Waals surface area contributed by atoms with Crippen LogP contribution in [-0.4, -0.2) is 214 Å². The standard InChI is InChI=1S/2C14H8BO10S2.4C9H9BNO6S.C6H3N3.3CH4.CH3.Li/c2*16-13-9-5-1-3-7-11(9)26(18,19)24-15(22-13)23-14(17)10-6-2-4-8-12(10)27(20,21)25-15;4*12-9-7-3-1-2-4-8(7)18(13,14)17-10(16-9)11-5-6-15-10;1-7-5-3-4-9-6(5)8-2;;;;;/h2*1-8H;4*1-4,11H,5-6H2;3-4,9H;3*1H4;1H3;/q6*-1;;;;;2*+1. The van der Waals surface area contributed by atoms with Crippen molar-refractivity contribution in [1.82, 2.24) is 25.9 Å². The first-order chi connectivity index (χ1) is 63.8. The molecular formula is C74H70B6LiN7O44S8-4. The Balaban J connectivity index is 0.000000170. The molecule has 6 spiro atoms. The van der Waals surface area contributed by atoms with Gasteiger partial charge in [0.1, 0.15) is 39.2 Å². The van der Waals surface area contributed by atoms with E-state index in [4.69, 9.17) is 85.4 Å². The number of aromatic amines is 1. The molecule has 8 aromatic carbocycles. The van der Waals surface area contributed by atoms with E-state index in [2.05, 4.69) is 52.0 Å². The van der Waals surface area contributed by atoms with E-state index in [0.29, 0.717) is 37.7 Å². The summed E-state index contributed by atoms with van der Waals surface area (Å²) in [7, 11) is -35.6. The summed E-state index contributed by atoms with van der Waals surface area (Å²) in [5, 5.41) is 10.5. The molecule has 9 aromatic rings. The van der Waals surface area contributed by atoms with Crippen molar-refractivity contribution in [2.75, 3.05) is 52.6 Å². The number of nitrogens with zero attached hydrogens (tertiary/aromatic N) is 2. The Morgan fingerprint density at radius 3 is 0.579 bits per heavy atom. The molecule has 0 bridgehead atoms. The van der Waals surface area contributed by atoms with Crippen LogP contribution in [0.4, 0.5) is 11.5 Å². The fourth-order valence-corrected chi connectivity index (χ4v) is 23.5. The normalized spacial score (nSPS) is 24.2. The van der Waals surface area contributed by atoms with Gasteiger partial charge in [-0.3, -0.25) is 38.4 Å². The molecule has 4 fully saturated rings. The molecule has 4 saturated heterocycles. The molecule has 736 valence electrons. The third kappa shape index (κ3) is 22.6. The number of nitrogens with one attached hydrogen (secondary N) is 5. The number of carbonyl (C=O) groups is 8. The molecule has 0 radical (unpaired) electrons. The number of H-pyrrole nitrogens is 1. The number of aromatic nitrogens is 1. The fraction of sp³-hybridized carbons (Fsp3) is 0.149. The van der Waals surface area contributed by atoms with Gasteiger partial charge in [-0.15, -0.1) is 0 Å². The minimum atomic E-state index is -4.78. The average molecular weight is 2090 g/mol. The van der Waals surface area contributed by atoms with Gasteiger partial charge in [0, 0.05) is 33.9 Å². The van der Waals surface area contributed by atoms with Crippen molar-refractivity contribution in [1.29, 1.82) is 0 Å². The van der Waals surface area contributed by atoms with Gasteiger partial charge in [-0.05, 0) is 129 Å². The molecule has 51 nitrogen and oxygen atoms in total. The van der Waals surface area contributed by atoms with E-state index in [1.807, 2.05) is 0 Å². The first-order valence-corrected chi connectivity index (χ1v) is 49.5. The Bertz CT molecular complexity index is 6700. The summed E-state index contributed by atoms with van der Waals surface area (Å²) < 4.78 is 294. The Labute approximate surface area is 810 Å². The predicted octanol–water partition coefficient (Wildman–Crippen LogP) is 1.10. The minimum Gasteiger partial charge on any atom is -0.626 e. The molecule has 0 amide bonds. The van der Waals surface area contributed by atoms with Crippen molar-refractivity contribution >= 4 is 182 Å². The summed E-state index contributed by atoms with van der Waals surface area (Å²) in [5.74, 6) is -8.06. The van der Waals surface area contributed by atoms with Gasteiger partial charge in [0.25, 0.3) is 129 Å². The predicted molar refractivity (Wildman–Crippen MR) is 471 cm³/mol. The van der Waals surface area contributed by atoms with Gasteiger partial charge >= 0.3 is 60.3 Å². The van der Waals surface area contributed by atoms with Crippen LogP contribution in [0.1, 0.15) is 105 Å². The number of hydrogen-bond donors (Lipinski definition) is 5. The molecule has 21 rings (SSSR count). The first-order valence-electron chi connectivity index (χ1n) is 38.3. The van der Waals surface area contributed by atoms with Crippen LogP contribution in [0.2, 0.25) is 0 Å². The topological polar surface area (TPSA) is 667 Å². The SMILES string of the molecule is C.C.C.O=C1O[B-]2(NCCO2)OS(=O)(=O)c2ccccc21.O=C1O[B-]2(NCCO2)OS(=O)(=O)c2ccccc21.O=C1O[B-]2(NCCO2)OS(=O)(=O)c2ccccc21.O=C1O[B-]2(NCCO2)OS(=O)(=O)c2ccccc21.O=C1O[B-]2(OC(=O)c3ccccc3S(=O)(=O)O2)OS(=O)(=O)c2ccccc21.O=C1O[B-]2(OC(=O)c3ccccc3S(=O)(=O)O2)OS(=O)(=O)c2ccccc21.[C-]#[N+]c1cc[nH]c1[N+]#[C-].[CH3+].[Li+]. The smallest absolute Gasteiger partial charge is 0.626 e. The molecule has 66 heteroatoms. The summed E-state index contributed by atoms with van der Waals surface area (Å²) in [5.41, 5.74) is -1.59. The van der Waals surface area contributed by atoms with Gasteiger partial charge in [-0.1, -0.05) is 126 Å². The Kier molecular flexibility index (Phi) is 32.7. The second kappa shape index (κ2) is 41.8. The van der Waals surface area contributed by atoms with Gasteiger partial charge in [0.2, 0.25) is 11.5 Å². The van der Waals surface area contributed by atoms with Crippen LogP contribution in [-0.2, 0) is 170 Å². The fourth-order valence-electron chi connectivity index (χ4n) is 13.6. The van der Waals surface area contributed by atoms with Crippen LogP contribution >= 0.6 is 0 Å². The molecule has 4 atom stereocenters. The third-order valence-electron chi connectivity index (χ3n) is 19.3.